The summed E-state index contributed by atoms with van der Waals surface area (Å²) in [4.78, 5) is 45.8. The predicted octanol–water partition coefficient (Wildman–Crippen LogP) is -5.78. The van der Waals surface area contributed by atoms with E-state index in [0.29, 0.717) is 0 Å². The Bertz CT molecular complexity index is 135. The maximum Gasteiger partial charge on any atom is 1.00 e. The fraction of sp³-hybridized carbons (Fsp3) is 0. The summed E-state index contributed by atoms with van der Waals surface area (Å²) in [5, 5.41) is 0. The third-order valence-corrected chi connectivity index (χ3v) is 0. The van der Waals surface area contributed by atoms with Crippen LogP contribution in [0.5, 0.6) is 0 Å². The number of rotatable bonds is 0. The van der Waals surface area contributed by atoms with Gasteiger partial charge in [-0.1, -0.05) is 0 Å². The first-order valence-corrected chi connectivity index (χ1v) is 4.59. The van der Waals surface area contributed by atoms with Gasteiger partial charge in [0.1, 0.15) is 0 Å². The molecule has 0 amide bonds. The smallest absolute Gasteiger partial charge is 1.00 e. The van der Waals surface area contributed by atoms with Crippen LogP contribution in [0.15, 0.2) is 0 Å². The Hall–Kier alpha value is 1.22. The molecule has 8 nitrogen and oxygen atoms in total. The Morgan fingerprint density at radius 1 is 1.00 bits per heavy atom. The Balaban J connectivity index is -0.0000000178. The van der Waals surface area contributed by atoms with Crippen molar-refractivity contribution in [3.8, 4) is 0 Å². The molecule has 4 N–H and O–H groups in total. The molecule has 0 aliphatic carbocycles. The van der Waals surface area contributed by atoms with Crippen LogP contribution in [0.25, 0.3) is 0 Å². The van der Waals surface area contributed by atoms with E-state index in [1.54, 1.807) is 0 Å². The van der Waals surface area contributed by atoms with Gasteiger partial charge in [0.25, 0.3) is 15.6 Å². The molecule has 66 valence electrons. The Labute approximate surface area is 88.1 Å². The van der Waals surface area contributed by atoms with Crippen LogP contribution >= 0.6 is 15.6 Å². The summed E-state index contributed by atoms with van der Waals surface area (Å²) in [5.74, 6) is 0. The Kier molecular flexibility index (Phi) is 11.0. The molecule has 0 spiro atoms. The van der Waals surface area contributed by atoms with Crippen molar-refractivity contribution in [2.75, 3.05) is 0 Å². The van der Waals surface area contributed by atoms with Crippen molar-refractivity contribution in [3.63, 3.8) is 0 Å². The van der Waals surface area contributed by atoms with E-state index in [1.165, 1.54) is 0 Å². The fourth-order valence-corrected chi connectivity index (χ4v) is 0. The van der Waals surface area contributed by atoms with Gasteiger partial charge in [0.2, 0.25) is 0 Å². The third kappa shape index (κ3) is 641. The monoisotopic (exact) mass is 220 g/mol. The van der Waals surface area contributed by atoms with Gasteiger partial charge in [-0.3, -0.25) is 9.13 Å². The largest absolute Gasteiger partial charge is 1.00 e. The van der Waals surface area contributed by atoms with Crippen LogP contribution in [0.4, 0.5) is 0 Å². The van der Waals surface area contributed by atoms with Crippen LogP contribution in [0.3, 0.4) is 0 Å². The zero-order valence-corrected chi connectivity index (χ0v) is 9.11. The summed E-state index contributed by atoms with van der Waals surface area (Å²) in [7, 11) is -9.78. The van der Waals surface area contributed by atoms with Crippen LogP contribution in [-0.4, -0.2) is 19.6 Å². The minimum absolute atomic E-state index is 0. The zero-order chi connectivity index (χ0) is 9.00. The van der Waals surface area contributed by atoms with Crippen LogP contribution < -0.4 is 39.3 Å². The van der Waals surface area contributed by atoms with Gasteiger partial charge >= 0.3 is 32.4 Å². The van der Waals surface area contributed by atoms with Gasteiger partial charge in [0, 0.05) is 0 Å². The topological polar surface area (TPSA) is 161 Å². The van der Waals surface area contributed by atoms with E-state index < -0.39 is 15.6 Å². The van der Waals surface area contributed by atoms with Crippen molar-refractivity contribution in [2.45, 2.75) is 0 Å². The summed E-state index contributed by atoms with van der Waals surface area (Å²) < 4.78 is 17.5. The van der Waals surface area contributed by atoms with E-state index in [9.17, 15) is 0 Å². The molecule has 0 radical (unpaired) electrons. The summed E-state index contributed by atoms with van der Waals surface area (Å²) in [5.41, 5.74) is 0. The second kappa shape index (κ2) is 6.71. The molecular weight excluding hydrogens is 213 g/mol. The first-order valence-electron chi connectivity index (χ1n) is 1.53. The van der Waals surface area contributed by atoms with Crippen molar-refractivity contribution in [1.82, 2.24) is 0 Å². The SMILES string of the molecule is O=P([O-])(O)O.O=P([O-])(O)O.[H+].[H+].[H-].[Na+]. The van der Waals surface area contributed by atoms with E-state index in [0.717, 1.165) is 0 Å². The standard InChI is InChI=1S/Na.2H3O4P.H/c;2*1-5(2,3)4;/h;2*(H3,1,2,3,4);/q+1;;;-1. The molecule has 0 aromatic carbocycles. The Morgan fingerprint density at radius 2 is 1.00 bits per heavy atom. The van der Waals surface area contributed by atoms with Crippen molar-refractivity contribution >= 4 is 15.6 Å². The number of hydrogen-bond donors (Lipinski definition) is 4. The van der Waals surface area contributed by atoms with Crippen molar-refractivity contribution < 1.29 is 72.3 Å². The van der Waals surface area contributed by atoms with Gasteiger partial charge in [-0.15, -0.1) is 0 Å². The van der Waals surface area contributed by atoms with E-state index >= 15 is 0 Å². The normalized spacial score (nSPS) is 10.7. The van der Waals surface area contributed by atoms with Crippen LogP contribution in [0.2, 0.25) is 0 Å². The summed E-state index contributed by atoms with van der Waals surface area (Å²) in [6, 6.07) is 0. The van der Waals surface area contributed by atoms with Gasteiger partial charge in [-0.2, -0.15) is 0 Å². The molecule has 0 saturated heterocycles. The van der Waals surface area contributed by atoms with E-state index in [2.05, 4.69) is 0 Å². The molecule has 11 heavy (non-hydrogen) atoms. The zero-order valence-electron chi connectivity index (χ0n) is 8.32. The summed E-state index contributed by atoms with van der Waals surface area (Å²) in [6.07, 6.45) is 0. The summed E-state index contributed by atoms with van der Waals surface area (Å²) >= 11 is 0. The molecule has 0 aromatic heterocycles. The molecule has 0 bridgehead atoms. The molecule has 0 aliphatic rings. The quantitative estimate of drug-likeness (QED) is 0.232. The van der Waals surface area contributed by atoms with E-state index in [4.69, 9.17) is 38.5 Å². The molecule has 0 saturated carbocycles. The number of phosphoric acid groups is 2. The molecule has 0 unspecified atom stereocenters. The van der Waals surface area contributed by atoms with Crippen LogP contribution in [-0.2, 0) is 9.13 Å². The molecule has 0 aromatic rings. The van der Waals surface area contributed by atoms with Gasteiger partial charge in [-0.05, 0) is 0 Å². The molecule has 11 heteroatoms. The first-order chi connectivity index (χ1) is 4.00. The molecule has 0 rings (SSSR count). The molecule has 0 fully saturated rings. The van der Waals surface area contributed by atoms with Gasteiger partial charge in [0.15, 0.2) is 0 Å². The average Bonchev–Trinajstić information content (AvgIpc) is 1.12. The maximum atomic E-state index is 8.77. The molecule has 0 aliphatic heterocycles. The van der Waals surface area contributed by atoms with E-state index in [-0.39, 0.29) is 33.8 Å². The van der Waals surface area contributed by atoms with Crippen molar-refractivity contribution in [2.24, 2.45) is 0 Å². The minimum atomic E-state index is -4.89. The van der Waals surface area contributed by atoms with E-state index in [1.807, 2.05) is 0 Å². The van der Waals surface area contributed by atoms with Crippen LogP contribution in [0.1, 0.15) is 4.28 Å². The van der Waals surface area contributed by atoms with Crippen molar-refractivity contribution in [1.29, 1.82) is 0 Å². The van der Waals surface area contributed by atoms with Crippen molar-refractivity contribution in [3.05, 3.63) is 0 Å². The molecular formula is H7NaO8P2. The Morgan fingerprint density at radius 3 is 1.00 bits per heavy atom. The first kappa shape index (κ1) is 18.1. The predicted molar refractivity (Wildman–Crippen MR) is 27.4 cm³/mol. The summed E-state index contributed by atoms with van der Waals surface area (Å²) in [6.45, 7) is 0. The second-order valence-electron chi connectivity index (χ2n) is 0.981. The number of hydrogen-bond acceptors (Lipinski definition) is 4. The van der Waals surface area contributed by atoms with Gasteiger partial charge in [0.05, 0.1) is 0 Å². The van der Waals surface area contributed by atoms with Crippen LogP contribution in [0, 0.1) is 0 Å². The minimum Gasteiger partial charge on any atom is -1.00 e. The molecule has 0 heterocycles. The average molecular weight is 220 g/mol. The fourth-order valence-electron chi connectivity index (χ4n) is 0. The third-order valence-electron chi connectivity index (χ3n) is 0. The van der Waals surface area contributed by atoms with Gasteiger partial charge in [-0.25, -0.2) is 0 Å². The van der Waals surface area contributed by atoms with Gasteiger partial charge < -0.3 is 30.8 Å². The second-order valence-corrected chi connectivity index (χ2v) is 2.94. The molecule has 0 atom stereocenters. The maximum absolute atomic E-state index is 8.77.